The number of rotatable bonds is 1. The van der Waals surface area contributed by atoms with E-state index in [0.717, 1.165) is 16.3 Å². The highest BCUT2D eigenvalue weighted by molar-refractivity contribution is 7.09. The fourth-order valence-corrected chi connectivity index (χ4v) is 2.54. The Morgan fingerprint density at radius 2 is 1.96 bits per heavy atom. The zero-order valence-electron chi connectivity index (χ0n) is 12.6. The van der Waals surface area contributed by atoms with Gasteiger partial charge in [0.05, 0.1) is 22.3 Å². The Balaban J connectivity index is 0.00000208. The van der Waals surface area contributed by atoms with Crippen LogP contribution < -0.4 is 0 Å². The molecule has 3 nitrogen and oxygen atoms in total. The summed E-state index contributed by atoms with van der Waals surface area (Å²) in [6, 6.07) is 9.65. The minimum atomic E-state index is -0.455. The maximum Gasteiger partial charge on any atom is 0.125 e. The second-order valence-electron chi connectivity index (χ2n) is 4.77. The van der Waals surface area contributed by atoms with Crippen molar-refractivity contribution in [3.05, 3.63) is 69.6 Å². The van der Waals surface area contributed by atoms with Crippen LogP contribution in [0.15, 0.2) is 41.9 Å². The molecule has 6 heteroatoms. The Kier molecular flexibility index (Phi) is 5.65. The number of thiazole rings is 1. The third-order valence-electron chi connectivity index (χ3n) is 3.04. The molecular formula is C18H11ClFN3S. The van der Waals surface area contributed by atoms with Gasteiger partial charge in [-0.3, -0.25) is 4.98 Å². The summed E-state index contributed by atoms with van der Waals surface area (Å²) >= 11 is 1.55. The van der Waals surface area contributed by atoms with E-state index in [0.29, 0.717) is 11.3 Å². The highest BCUT2D eigenvalue weighted by Gasteiger charge is 2.04. The highest BCUT2D eigenvalue weighted by atomic mass is 35.5. The van der Waals surface area contributed by atoms with E-state index in [1.165, 1.54) is 12.1 Å². The smallest absolute Gasteiger partial charge is 0.125 e. The van der Waals surface area contributed by atoms with Gasteiger partial charge in [-0.05, 0) is 43.2 Å². The average molecular weight is 356 g/mol. The minimum Gasteiger partial charge on any atom is -0.255 e. The van der Waals surface area contributed by atoms with Gasteiger partial charge in [-0.25, -0.2) is 9.37 Å². The van der Waals surface area contributed by atoms with Crippen LogP contribution in [-0.4, -0.2) is 9.97 Å². The Hall–Kier alpha value is -2.73. The maximum absolute atomic E-state index is 13.5. The predicted octanol–water partition coefficient (Wildman–Crippen LogP) is 4.35. The summed E-state index contributed by atoms with van der Waals surface area (Å²) in [6.07, 6.45) is 1.62. The number of nitriles is 1. The Morgan fingerprint density at radius 1 is 1.12 bits per heavy atom. The number of aryl methyl sites for hydroxylation is 1. The molecule has 0 bridgehead atoms. The van der Waals surface area contributed by atoms with Crippen LogP contribution in [0.5, 0.6) is 0 Å². The van der Waals surface area contributed by atoms with Crippen molar-refractivity contribution >= 4 is 23.7 Å². The highest BCUT2D eigenvalue weighted by Crippen LogP contribution is 2.20. The third kappa shape index (κ3) is 4.17. The van der Waals surface area contributed by atoms with E-state index in [-0.39, 0.29) is 18.0 Å². The first-order valence-corrected chi connectivity index (χ1v) is 7.63. The van der Waals surface area contributed by atoms with Crippen LogP contribution >= 0.6 is 23.7 Å². The van der Waals surface area contributed by atoms with Gasteiger partial charge in [-0.15, -0.1) is 23.7 Å². The molecule has 0 N–H and O–H groups in total. The molecule has 3 aromatic rings. The first kappa shape index (κ1) is 17.6. The van der Waals surface area contributed by atoms with Gasteiger partial charge in [0.15, 0.2) is 0 Å². The lowest BCUT2D eigenvalue weighted by Crippen LogP contribution is -1.88. The number of aromatic nitrogens is 2. The molecule has 0 amide bonds. The number of hydrogen-bond acceptors (Lipinski definition) is 4. The lowest BCUT2D eigenvalue weighted by atomic mass is 10.1. The molecule has 1 aromatic carbocycles. The van der Waals surface area contributed by atoms with Crippen LogP contribution in [0, 0.1) is 35.9 Å². The molecular weight excluding hydrogens is 345 g/mol. The predicted molar refractivity (Wildman–Crippen MR) is 94.4 cm³/mol. The van der Waals surface area contributed by atoms with Gasteiger partial charge < -0.3 is 0 Å². The van der Waals surface area contributed by atoms with E-state index < -0.39 is 5.82 Å². The van der Waals surface area contributed by atoms with Crippen LogP contribution in [0.3, 0.4) is 0 Å². The fraction of sp³-hybridized carbons (Fsp3) is 0.0556. The molecule has 0 saturated heterocycles. The van der Waals surface area contributed by atoms with Crippen molar-refractivity contribution in [2.75, 3.05) is 0 Å². The Labute approximate surface area is 149 Å². The molecule has 24 heavy (non-hydrogen) atoms. The summed E-state index contributed by atoms with van der Waals surface area (Å²) in [5.74, 6) is 5.51. The maximum atomic E-state index is 13.5. The minimum absolute atomic E-state index is 0. The van der Waals surface area contributed by atoms with Crippen molar-refractivity contribution in [2.24, 2.45) is 0 Å². The number of hydrogen-bond donors (Lipinski definition) is 0. The van der Waals surface area contributed by atoms with Crippen LogP contribution in [0.2, 0.25) is 0 Å². The summed E-state index contributed by atoms with van der Waals surface area (Å²) < 4.78 is 13.5. The molecule has 0 unspecified atom stereocenters. The van der Waals surface area contributed by atoms with Crippen LogP contribution in [0.4, 0.5) is 4.39 Å². The topological polar surface area (TPSA) is 49.6 Å². The van der Waals surface area contributed by atoms with Gasteiger partial charge >= 0.3 is 0 Å². The zero-order chi connectivity index (χ0) is 16.2. The summed E-state index contributed by atoms with van der Waals surface area (Å²) in [5.41, 5.74) is 2.91. The summed E-state index contributed by atoms with van der Waals surface area (Å²) in [7, 11) is 0. The average Bonchev–Trinajstić information content (AvgIpc) is 2.98. The van der Waals surface area contributed by atoms with Crippen molar-refractivity contribution < 1.29 is 4.39 Å². The summed E-state index contributed by atoms with van der Waals surface area (Å²) in [4.78, 5) is 8.56. The molecule has 0 aliphatic rings. The Morgan fingerprint density at radius 3 is 2.58 bits per heavy atom. The first-order valence-electron chi connectivity index (χ1n) is 6.75. The van der Waals surface area contributed by atoms with Gasteiger partial charge in [0.25, 0.3) is 0 Å². The summed E-state index contributed by atoms with van der Waals surface area (Å²) in [6.45, 7) is 1.93. The zero-order valence-corrected chi connectivity index (χ0v) is 14.2. The van der Waals surface area contributed by atoms with Crippen LogP contribution in [0.1, 0.15) is 21.8 Å². The quantitative estimate of drug-likeness (QED) is 0.610. The van der Waals surface area contributed by atoms with Crippen molar-refractivity contribution in [2.45, 2.75) is 6.92 Å². The molecule has 0 aliphatic heterocycles. The monoisotopic (exact) mass is 355 g/mol. The van der Waals surface area contributed by atoms with Crippen molar-refractivity contribution in [3.8, 4) is 29.2 Å². The molecule has 2 heterocycles. The second-order valence-corrected chi connectivity index (χ2v) is 5.84. The molecule has 118 valence electrons. The van der Waals surface area contributed by atoms with Crippen LogP contribution in [0.25, 0.3) is 11.3 Å². The number of nitrogens with zero attached hydrogens (tertiary/aromatic N) is 3. The fourth-order valence-electron chi connectivity index (χ4n) is 2.00. The summed E-state index contributed by atoms with van der Waals surface area (Å²) in [5, 5.41) is 11.8. The lowest BCUT2D eigenvalue weighted by molar-refractivity contribution is 0.628. The van der Waals surface area contributed by atoms with Crippen molar-refractivity contribution in [1.29, 1.82) is 5.26 Å². The van der Waals surface area contributed by atoms with Gasteiger partial charge in [0, 0.05) is 22.7 Å². The SMILES string of the molecule is Cc1nc(C#Cc2ccc(-c3cc(F)cc(C#N)c3)nc2)cs1.Cl. The van der Waals surface area contributed by atoms with Gasteiger partial charge in [0.2, 0.25) is 0 Å². The van der Waals surface area contributed by atoms with Gasteiger partial charge in [-0.2, -0.15) is 5.26 Å². The third-order valence-corrected chi connectivity index (χ3v) is 3.81. The number of benzene rings is 1. The van der Waals surface area contributed by atoms with E-state index in [9.17, 15) is 4.39 Å². The normalized spacial score (nSPS) is 9.38. The van der Waals surface area contributed by atoms with Crippen molar-refractivity contribution in [1.82, 2.24) is 9.97 Å². The molecule has 0 aliphatic carbocycles. The van der Waals surface area contributed by atoms with Crippen molar-refractivity contribution in [3.63, 3.8) is 0 Å². The standard InChI is InChI=1S/C18H10FN3S.ClH/c1-12-22-17(11-23-12)4-2-13-3-5-18(21-10-13)15-6-14(9-20)7-16(19)8-15;/h3,5-8,10-11H,1H3;1H. The van der Waals surface area contributed by atoms with E-state index in [1.807, 2.05) is 24.4 Å². The molecule has 3 rings (SSSR count). The van der Waals surface area contributed by atoms with Gasteiger partial charge in [0.1, 0.15) is 11.5 Å². The van der Waals surface area contributed by atoms with E-state index >= 15 is 0 Å². The first-order chi connectivity index (χ1) is 11.1. The van der Waals surface area contributed by atoms with E-state index in [4.69, 9.17) is 5.26 Å². The second kappa shape index (κ2) is 7.70. The number of pyridine rings is 1. The number of halogens is 2. The van der Waals surface area contributed by atoms with Crippen LogP contribution in [-0.2, 0) is 0 Å². The lowest BCUT2D eigenvalue weighted by Gasteiger charge is -2.02. The molecule has 2 aromatic heterocycles. The largest absolute Gasteiger partial charge is 0.255 e. The Bertz CT molecular complexity index is 962. The molecule has 0 radical (unpaired) electrons. The van der Waals surface area contributed by atoms with Gasteiger partial charge in [-0.1, -0.05) is 5.92 Å². The van der Waals surface area contributed by atoms with E-state index in [1.54, 1.807) is 29.7 Å². The molecule has 0 fully saturated rings. The molecule has 0 spiro atoms. The van der Waals surface area contributed by atoms with E-state index in [2.05, 4.69) is 21.8 Å². The molecule has 0 atom stereocenters. The molecule has 0 saturated carbocycles.